The van der Waals surface area contributed by atoms with Gasteiger partial charge in [-0.1, -0.05) is 24.3 Å². The third kappa shape index (κ3) is 5.43. The first-order chi connectivity index (χ1) is 16.0. The molecule has 2 heterocycles. The Morgan fingerprint density at radius 2 is 1.73 bits per heavy atom. The van der Waals surface area contributed by atoms with E-state index in [1.807, 2.05) is 11.8 Å². The molecule has 3 aromatic rings. The third-order valence-electron chi connectivity index (χ3n) is 5.93. The molecule has 0 spiro atoms. The number of amides is 2. The van der Waals surface area contributed by atoms with Gasteiger partial charge < -0.3 is 15.0 Å². The van der Waals surface area contributed by atoms with E-state index in [4.69, 9.17) is 4.74 Å². The topological polar surface area (TPSA) is 84.4 Å². The normalized spacial score (nSPS) is 17.9. The Morgan fingerprint density at radius 3 is 2.36 bits per heavy atom. The van der Waals surface area contributed by atoms with Crippen molar-refractivity contribution >= 4 is 17.5 Å². The van der Waals surface area contributed by atoms with Crippen molar-refractivity contribution in [2.45, 2.75) is 38.8 Å². The zero-order valence-electron chi connectivity index (χ0n) is 18.9. The molecule has 1 fully saturated rings. The van der Waals surface area contributed by atoms with E-state index in [1.54, 1.807) is 36.7 Å². The molecule has 2 atom stereocenters. The minimum atomic E-state index is -0.136. The number of carbonyl (C=O) groups is 2. The molecule has 7 heteroatoms. The second-order valence-electron chi connectivity index (χ2n) is 8.14. The van der Waals surface area contributed by atoms with Gasteiger partial charge in [0.25, 0.3) is 5.91 Å². The van der Waals surface area contributed by atoms with Crippen LogP contribution in [0.1, 0.15) is 48.7 Å². The second-order valence-corrected chi connectivity index (χ2v) is 8.14. The van der Waals surface area contributed by atoms with Crippen molar-refractivity contribution in [2.75, 3.05) is 18.5 Å². The molecule has 0 unspecified atom stereocenters. The molecule has 1 aliphatic rings. The quantitative estimate of drug-likeness (QED) is 0.606. The number of hydrogen-bond acceptors (Lipinski definition) is 5. The van der Waals surface area contributed by atoms with Gasteiger partial charge in [-0.2, -0.15) is 0 Å². The zero-order chi connectivity index (χ0) is 23.2. The van der Waals surface area contributed by atoms with Crippen molar-refractivity contribution in [1.82, 2.24) is 14.9 Å². The van der Waals surface area contributed by atoms with Crippen molar-refractivity contribution in [2.24, 2.45) is 0 Å². The van der Waals surface area contributed by atoms with E-state index in [9.17, 15) is 9.59 Å². The maximum Gasteiger partial charge on any atom is 0.254 e. The van der Waals surface area contributed by atoms with Crippen LogP contribution in [-0.4, -0.2) is 45.9 Å². The predicted molar refractivity (Wildman–Crippen MR) is 127 cm³/mol. The summed E-state index contributed by atoms with van der Waals surface area (Å²) in [5.74, 6) is -0.139. The fraction of sp³-hybridized carbons (Fsp3) is 0.308. The molecule has 33 heavy (non-hydrogen) atoms. The summed E-state index contributed by atoms with van der Waals surface area (Å²) in [4.78, 5) is 34.6. The first-order valence-corrected chi connectivity index (χ1v) is 11.2. The number of benzene rings is 2. The van der Waals surface area contributed by atoms with Crippen LogP contribution in [0.15, 0.2) is 67.3 Å². The van der Waals surface area contributed by atoms with Gasteiger partial charge in [-0.05, 0) is 55.2 Å². The van der Waals surface area contributed by atoms with Crippen LogP contribution >= 0.6 is 0 Å². The average molecular weight is 445 g/mol. The van der Waals surface area contributed by atoms with Gasteiger partial charge in [-0.25, -0.2) is 9.97 Å². The molecule has 0 radical (unpaired) electrons. The number of nitrogens with zero attached hydrogens (tertiary/aromatic N) is 3. The van der Waals surface area contributed by atoms with Crippen molar-refractivity contribution < 1.29 is 14.3 Å². The van der Waals surface area contributed by atoms with E-state index in [1.165, 1.54) is 13.3 Å². The largest absolute Gasteiger partial charge is 0.373 e. The van der Waals surface area contributed by atoms with Gasteiger partial charge in [0.2, 0.25) is 5.91 Å². The number of aromatic nitrogens is 2. The van der Waals surface area contributed by atoms with Crippen LogP contribution in [0.3, 0.4) is 0 Å². The van der Waals surface area contributed by atoms with Crippen LogP contribution in [0, 0.1) is 0 Å². The number of nitrogens with one attached hydrogen (secondary N) is 1. The summed E-state index contributed by atoms with van der Waals surface area (Å²) in [6.07, 6.45) is 6.60. The van der Waals surface area contributed by atoms with E-state index in [-0.39, 0.29) is 24.0 Å². The Balaban J connectivity index is 1.45. The van der Waals surface area contributed by atoms with Crippen LogP contribution in [0.2, 0.25) is 0 Å². The first kappa shape index (κ1) is 22.6. The lowest BCUT2D eigenvalue weighted by molar-refractivity contribution is -0.114. The summed E-state index contributed by atoms with van der Waals surface area (Å²) in [6, 6.07) is 15.4. The maximum absolute atomic E-state index is 13.2. The minimum Gasteiger partial charge on any atom is -0.373 e. The standard InChI is InChI=1S/C26H28N4O3/c1-3-30(26(32)21-8-10-23(11-9-21)29-18(2)31)24-12-13-33-25(14-24)20-6-4-19(5-7-20)22-15-27-17-28-16-22/h4-11,15-17,24-25H,3,12-14H2,1-2H3,(H,29,31)/t24-,25+/m0/s1. The Morgan fingerprint density at radius 1 is 1.03 bits per heavy atom. The lowest BCUT2D eigenvalue weighted by Gasteiger charge is -2.37. The van der Waals surface area contributed by atoms with Crippen molar-refractivity contribution in [3.05, 3.63) is 78.4 Å². The van der Waals surface area contributed by atoms with Crippen molar-refractivity contribution in [3.63, 3.8) is 0 Å². The number of ether oxygens (including phenoxy) is 1. The number of carbonyl (C=O) groups excluding carboxylic acids is 2. The predicted octanol–water partition coefficient (Wildman–Crippen LogP) is 4.48. The van der Waals surface area contributed by atoms with Crippen LogP contribution in [0.25, 0.3) is 11.1 Å². The molecule has 1 aromatic heterocycles. The number of hydrogen-bond donors (Lipinski definition) is 1. The van der Waals surface area contributed by atoms with Gasteiger partial charge in [0, 0.05) is 55.3 Å². The van der Waals surface area contributed by atoms with E-state index in [2.05, 4.69) is 39.6 Å². The summed E-state index contributed by atoms with van der Waals surface area (Å²) in [7, 11) is 0. The molecule has 0 saturated carbocycles. The molecule has 4 rings (SSSR count). The first-order valence-electron chi connectivity index (χ1n) is 11.2. The van der Waals surface area contributed by atoms with Gasteiger partial charge in [0.1, 0.15) is 6.33 Å². The molecule has 170 valence electrons. The zero-order valence-corrected chi connectivity index (χ0v) is 18.9. The van der Waals surface area contributed by atoms with Crippen molar-refractivity contribution in [3.8, 4) is 11.1 Å². The lowest BCUT2D eigenvalue weighted by Crippen LogP contribution is -2.44. The average Bonchev–Trinajstić information content (AvgIpc) is 2.85. The third-order valence-corrected chi connectivity index (χ3v) is 5.93. The highest BCUT2D eigenvalue weighted by atomic mass is 16.5. The highest BCUT2D eigenvalue weighted by Crippen LogP contribution is 2.32. The SMILES string of the molecule is CCN(C(=O)c1ccc(NC(C)=O)cc1)[C@H]1CCO[C@@H](c2ccc(-c3cncnc3)cc2)C1. The lowest BCUT2D eigenvalue weighted by atomic mass is 9.94. The second kappa shape index (κ2) is 10.4. The molecule has 1 saturated heterocycles. The van der Waals surface area contributed by atoms with E-state index >= 15 is 0 Å². The number of anilines is 1. The van der Waals surface area contributed by atoms with Crippen LogP contribution in [-0.2, 0) is 9.53 Å². The van der Waals surface area contributed by atoms with E-state index < -0.39 is 0 Å². The Kier molecular flexibility index (Phi) is 7.10. The molecule has 0 aliphatic carbocycles. The highest BCUT2D eigenvalue weighted by molar-refractivity contribution is 5.95. The molecule has 1 N–H and O–H groups in total. The van der Waals surface area contributed by atoms with Crippen LogP contribution < -0.4 is 5.32 Å². The molecule has 2 amide bonds. The minimum absolute atomic E-state index is 0.00282. The van der Waals surface area contributed by atoms with Gasteiger partial charge in [-0.15, -0.1) is 0 Å². The highest BCUT2D eigenvalue weighted by Gasteiger charge is 2.30. The summed E-state index contributed by atoms with van der Waals surface area (Å²) in [5.41, 5.74) is 4.42. The van der Waals surface area contributed by atoms with E-state index in [0.29, 0.717) is 24.4 Å². The molecule has 2 aromatic carbocycles. The van der Waals surface area contributed by atoms with Gasteiger partial charge in [0.05, 0.1) is 6.10 Å². The fourth-order valence-corrected chi connectivity index (χ4v) is 4.27. The van der Waals surface area contributed by atoms with Gasteiger partial charge >= 0.3 is 0 Å². The maximum atomic E-state index is 13.2. The molecular weight excluding hydrogens is 416 g/mol. The summed E-state index contributed by atoms with van der Waals surface area (Å²) in [6.45, 7) is 4.69. The molecule has 1 aliphatic heterocycles. The smallest absolute Gasteiger partial charge is 0.254 e. The summed E-state index contributed by atoms with van der Waals surface area (Å²) >= 11 is 0. The number of rotatable bonds is 6. The monoisotopic (exact) mass is 444 g/mol. The molecule has 0 bridgehead atoms. The van der Waals surface area contributed by atoms with Crippen molar-refractivity contribution in [1.29, 1.82) is 0 Å². The molecular formula is C26H28N4O3. The van der Waals surface area contributed by atoms with Crippen LogP contribution in [0.4, 0.5) is 5.69 Å². The van der Waals surface area contributed by atoms with Crippen LogP contribution in [0.5, 0.6) is 0 Å². The fourth-order valence-electron chi connectivity index (χ4n) is 4.27. The van der Waals surface area contributed by atoms with E-state index in [0.717, 1.165) is 29.5 Å². The molecule has 7 nitrogen and oxygen atoms in total. The summed E-state index contributed by atoms with van der Waals surface area (Å²) in [5, 5.41) is 2.73. The van der Waals surface area contributed by atoms with Gasteiger partial charge in [-0.3, -0.25) is 9.59 Å². The van der Waals surface area contributed by atoms with Gasteiger partial charge in [0.15, 0.2) is 0 Å². The summed E-state index contributed by atoms with van der Waals surface area (Å²) < 4.78 is 6.07. The Labute approximate surface area is 193 Å². The Hall–Kier alpha value is -3.58. The Bertz CT molecular complexity index is 1080.